The number of rotatable bonds is 3. The topological polar surface area (TPSA) is 72.5 Å². The van der Waals surface area contributed by atoms with Gasteiger partial charge in [0.05, 0.1) is 5.02 Å². The summed E-state index contributed by atoms with van der Waals surface area (Å²) in [6.07, 6.45) is 0.307. The van der Waals surface area contributed by atoms with E-state index in [9.17, 15) is 9.90 Å². The zero-order chi connectivity index (χ0) is 17.3. The van der Waals surface area contributed by atoms with E-state index in [1.807, 2.05) is 20.8 Å². The number of hydrogen-bond donors (Lipinski definition) is 2. The van der Waals surface area contributed by atoms with Crippen molar-refractivity contribution in [2.24, 2.45) is 5.73 Å². The van der Waals surface area contributed by atoms with Crippen LogP contribution in [0.25, 0.3) is 0 Å². The van der Waals surface area contributed by atoms with Crippen molar-refractivity contribution in [3.8, 4) is 5.75 Å². The van der Waals surface area contributed by atoms with Gasteiger partial charge in [0.1, 0.15) is 17.4 Å². The molecule has 0 bridgehead atoms. The monoisotopic (exact) mass is 327 g/mol. The summed E-state index contributed by atoms with van der Waals surface area (Å²) < 4.78 is 5.30. The van der Waals surface area contributed by atoms with E-state index >= 15 is 0 Å². The molecular formula is C17H26ClNO3. The highest BCUT2D eigenvalue weighted by molar-refractivity contribution is 6.33. The molecule has 0 radical (unpaired) electrons. The van der Waals surface area contributed by atoms with Crippen molar-refractivity contribution in [3.63, 3.8) is 0 Å². The SMILES string of the molecule is CC(C)(C)OC(=O)[C@@H](N)Cc1ccc(O)c(Cl)c1C(C)(C)C. The van der Waals surface area contributed by atoms with Crippen molar-refractivity contribution in [1.82, 2.24) is 0 Å². The Kier molecular flexibility index (Phi) is 5.52. The van der Waals surface area contributed by atoms with E-state index in [2.05, 4.69) is 0 Å². The Labute approximate surface area is 137 Å². The normalized spacial score (nSPS) is 13.8. The van der Waals surface area contributed by atoms with Crippen molar-refractivity contribution < 1.29 is 14.6 Å². The molecular weight excluding hydrogens is 302 g/mol. The summed E-state index contributed by atoms with van der Waals surface area (Å²) in [4.78, 5) is 12.0. The highest BCUT2D eigenvalue weighted by atomic mass is 35.5. The lowest BCUT2D eigenvalue weighted by molar-refractivity contribution is -0.156. The van der Waals surface area contributed by atoms with Gasteiger partial charge in [-0.25, -0.2) is 0 Å². The van der Waals surface area contributed by atoms with Crippen LogP contribution in [0.2, 0.25) is 5.02 Å². The third-order valence-corrected chi connectivity index (χ3v) is 3.49. The Bertz CT molecular complexity index is 556. The lowest BCUT2D eigenvalue weighted by Gasteiger charge is -2.27. The third-order valence-electron chi connectivity index (χ3n) is 3.11. The Balaban J connectivity index is 3.09. The van der Waals surface area contributed by atoms with E-state index in [-0.39, 0.29) is 11.2 Å². The van der Waals surface area contributed by atoms with Gasteiger partial charge in [-0.15, -0.1) is 0 Å². The van der Waals surface area contributed by atoms with Gasteiger partial charge in [0.15, 0.2) is 0 Å². The molecule has 0 aliphatic heterocycles. The number of phenolic OH excluding ortho intramolecular Hbond substituents is 1. The first kappa shape index (κ1) is 18.8. The largest absolute Gasteiger partial charge is 0.506 e. The minimum atomic E-state index is -0.777. The molecule has 1 rings (SSSR count). The molecule has 0 spiro atoms. The lowest BCUT2D eigenvalue weighted by atomic mass is 9.82. The molecule has 0 saturated carbocycles. The van der Waals surface area contributed by atoms with Gasteiger partial charge in [-0.1, -0.05) is 38.4 Å². The molecule has 0 aliphatic rings. The van der Waals surface area contributed by atoms with Crippen molar-refractivity contribution >= 4 is 17.6 Å². The summed E-state index contributed by atoms with van der Waals surface area (Å²) >= 11 is 6.25. The maximum Gasteiger partial charge on any atom is 0.323 e. The van der Waals surface area contributed by atoms with Crippen LogP contribution in [0.3, 0.4) is 0 Å². The Morgan fingerprint density at radius 3 is 2.27 bits per heavy atom. The number of nitrogens with two attached hydrogens (primary N) is 1. The number of benzene rings is 1. The van der Waals surface area contributed by atoms with E-state index in [0.29, 0.717) is 11.4 Å². The summed E-state index contributed by atoms with van der Waals surface area (Å²) in [6, 6.07) is 2.50. The second-order valence-electron chi connectivity index (χ2n) is 7.53. The molecule has 1 atom stereocenters. The molecule has 0 heterocycles. The number of ether oxygens (including phenoxy) is 1. The van der Waals surface area contributed by atoms with Crippen LogP contribution in [0.1, 0.15) is 52.7 Å². The average Bonchev–Trinajstić information content (AvgIpc) is 2.30. The molecule has 0 amide bonds. The molecule has 22 heavy (non-hydrogen) atoms. The molecule has 0 unspecified atom stereocenters. The van der Waals surface area contributed by atoms with Gasteiger partial charge in [-0.2, -0.15) is 0 Å². The molecule has 4 nitrogen and oxygen atoms in total. The fourth-order valence-corrected chi connectivity index (χ4v) is 2.75. The Hall–Kier alpha value is -1.26. The molecule has 124 valence electrons. The molecule has 0 aliphatic carbocycles. The highest BCUT2D eigenvalue weighted by Crippen LogP contribution is 2.38. The summed E-state index contributed by atoms with van der Waals surface area (Å²) in [5.74, 6) is -0.419. The molecule has 1 aromatic rings. The van der Waals surface area contributed by atoms with Crippen LogP contribution >= 0.6 is 11.6 Å². The van der Waals surface area contributed by atoms with Gasteiger partial charge in [0, 0.05) is 0 Å². The molecule has 3 N–H and O–H groups in total. The van der Waals surface area contributed by atoms with E-state index < -0.39 is 17.6 Å². The van der Waals surface area contributed by atoms with Crippen LogP contribution < -0.4 is 5.73 Å². The molecule has 1 aromatic carbocycles. The summed E-state index contributed by atoms with van der Waals surface area (Å²) in [7, 11) is 0. The summed E-state index contributed by atoms with van der Waals surface area (Å²) in [6.45, 7) is 11.4. The predicted molar refractivity (Wildman–Crippen MR) is 89.3 cm³/mol. The second kappa shape index (κ2) is 6.47. The van der Waals surface area contributed by atoms with Gasteiger partial charge >= 0.3 is 5.97 Å². The zero-order valence-corrected chi connectivity index (χ0v) is 14.9. The fraction of sp³-hybridized carbons (Fsp3) is 0.588. The van der Waals surface area contributed by atoms with Gasteiger partial charge in [0.25, 0.3) is 0 Å². The number of aromatic hydroxyl groups is 1. The second-order valence-corrected chi connectivity index (χ2v) is 7.90. The van der Waals surface area contributed by atoms with Crippen molar-refractivity contribution in [1.29, 1.82) is 0 Å². The maximum absolute atomic E-state index is 12.0. The number of carbonyl (C=O) groups is 1. The summed E-state index contributed by atoms with van der Waals surface area (Å²) in [5.41, 5.74) is 6.76. The van der Waals surface area contributed by atoms with E-state index in [0.717, 1.165) is 11.1 Å². The van der Waals surface area contributed by atoms with E-state index in [1.54, 1.807) is 26.8 Å². The Morgan fingerprint density at radius 2 is 1.82 bits per heavy atom. The third kappa shape index (κ3) is 4.89. The molecule has 0 fully saturated rings. The number of carbonyl (C=O) groups excluding carboxylic acids is 1. The number of hydrogen-bond acceptors (Lipinski definition) is 4. The lowest BCUT2D eigenvalue weighted by Crippen LogP contribution is -2.39. The molecule has 5 heteroatoms. The van der Waals surface area contributed by atoms with Gasteiger partial charge in [0.2, 0.25) is 0 Å². The molecule has 0 saturated heterocycles. The predicted octanol–water partition coefficient (Wildman–Crippen LogP) is 3.55. The van der Waals surface area contributed by atoms with Gasteiger partial charge < -0.3 is 15.6 Å². The first-order chi connectivity index (χ1) is 9.83. The van der Waals surface area contributed by atoms with Crippen molar-refractivity contribution in [2.75, 3.05) is 0 Å². The van der Waals surface area contributed by atoms with Crippen molar-refractivity contribution in [2.45, 2.75) is 65.0 Å². The molecule has 0 aromatic heterocycles. The Morgan fingerprint density at radius 1 is 1.27 bits per heavy atom. The average molecular weight is 328 g/mol. The first-order valence-electron chi connectivity index (χ1n) is 7.32. The summed E-state index contributed by atoms with van der Waals surface area (Å²) in [5, 5.41) is 10.1. The van der Waals surface area contributed by atoms with Crippen LogP contribution in [0.5, 0.6) is 5.75 Å². The van der Waals surface area contributed by atoms with Crippen molar-refractivity contribution in [3.05, 3.63) is 28.3 Å². The van der Waals surface area contributed by atoms with Gasteiger partial charge in [-0.05, 0) is 49.8 Å². The van der Waals surface area contributed by atoms with Crippen LogP contribution in [0.15, 0.2) is 12.1 Å². The van der Waals surface area contributed by atoms with E-state index in [1.165, 1.54) is 6.07 Å². The van der Waals surface area contributed by atoms with Crippen LogP contribution in [0.4, 0.5) is 0 Å². The first-order valence-corrected chi connectivity index (χ1v) is 7.70. The standard InChI is InChI=1S/C17H26ClNO3/c1-16(2,3)13-10(7-8-12(20)14(13)18)9-11(19)15(21)22-17(4,5)6/h7-8,11,20H,9,19H2,1-6H3/t11-/m0/s1. The minimum Gasteiger partial charge on any atom is -0.506 e. The number of halogens is 1. The number of phenols is 1. The quantitative estimate of drug-likeness (QED) is 0.833. The zero-order valence-electron chi connectivity index (χ0n) is 14.2. The van der Waals surface area contributed by atoms with Crippen LogP contribution in [-0.4, -0.2) is 22.7 Å². The van der Waals surface area contributed by atoms with Gasteiger partial charge in [-0.3, -0.25) is 4.79 Å². The fourth-order valence-electron chi connectivity index (χ4n) is 2.28. The van der Waals surface area contributed by atoms with Crippen LogP contribution in [-0.2, 0) is 21.4 Å². The van der Waals surface area contributed by atoms with E-state index in [4.69, 9.17) is 22.1 Å². The minimum absolute atomic E-state index is 0.0289. The smallest absolute Gasteiger partial charge is 0.323 e. The highest BCUT2D eigenvalue weighted by Gasteiger charge is 2.27. The van der Waals surface area contributed by atoms with Crippen LogP contribution in [0, 0.1) is 0 Å². The maximum atomic E-state index is 12.0. The number of esters is 1.